The van der Waals surface area contributed by atoms with Crippen LogP contribution in [0, 0.1) is 10.1 Å². The quantitative estimate of drug-likeness (QED) is 0.573. The van der Waals surface area contributed by atoms with Crippen LogP contribution in [0.4, 0.5) is 5.69 Å². The van der Waals surface area contributed by atoms with Crippen LogP contribution < -0.4 is 4.74 Å². The lowest BCUT2D eigenvalue weighted by atomic mass is 10.2. The summed E-state index contributed by atoms with van der Waals surface area (Å²) in [6.45, 7) is 0. The SMILES string of the molecule is COc1ccc(-n2cnnc2)cc1[N+](=O)[O-]. The number of aromatic nitrogens is 3. The molecule has 7 nitrogen and oxygen atoms in total. The van der Waals surface area contributed by atoms with Gasteiger partial charge in [-0.05, 0) is 12.1 Å². The Labute approximate surface area is 90.4 Å². The summed E-state index contributed by atoms with van der Waals surface area (Å²) in [5.41, 5.74) is 0.520. The Kier molecular flexibility index (Phi) is 2.50. The zero-order valence-electron chi connectivity index (χ0n) is 8.40. The third kappa shape index (κ3) is 1.70. The Morgan fingerprint density at radius 2 is 2.06 bits per heavy atom. The van der Waals surface area contributed by atoms with Crippen molar-refractivity contribution in [2.75, 3.05) is 7.11 Å². The Bertz CT molecular complexity index is 509. The van der Waals surface area contributed by atoms with Gasteiger partial charge in [-0.25, -0.2) is 0 Å². The molecule has 0 aliphatic carbocycles. The predicted molar refractivity (Wildman–Crippen MR) is 54.6 cm³/mol. The fourth-order valence-electron chi connectivity index (χ4n) is 1.32. The highest BCUT2D eigenvalue weighted by atomic mass is 16.6. The van der Waals surface area contributed by atoms with Gasteiger partial charge >= 0.3 is 5.69 Å². The van der Waals surface area contributed by atoms with E-state index in [0.717, 1.165) is 0 Å². The van der Waals surface area contributed by atoms with Crippen LogP contribution in [-0.4, -0.2) is 26.8 Å². The first-order chi connectivity index (χ1) is 7.72. The van der Waals surface area contributed by atoms with Crippen LogP contribution in [0.1, 0.15) is 0 Å². The summed E-state index contributed by atoms with van der Waals surface area (Å²) >= 11 is 0. The minimum absolute atomic E-state index is 0.0892. The van der Waals surface area contributed by atoms with Gasteiger partial charge < -0.3 is 4.74 Å². The number of nitro groups is 1. The molecule has 0 unspecified atom stereocenters. The summed E-state index contributed by atoms with van der Waals surface area (Å²) in [5, 5.41) is 18.0. The second-order valence-electron chi connectivity index (χ2n) is 2.98. The molecule has 82 valence electrons. The van der Waals surface area contributed by atoms with Crippen molar-refractivity contribution in [1.82, 2.24) is 14.8 Å². The maximum atomic E-state index is 10.8. The molecule has 1 aromatic heterocycles. The zero-order chi connectivity index (χ0) is 11.5. The van der Waals surface area contributed by atoms with Crippen LogP contribution in [0.5, 0.6) is 5.75 Å². The van der Waals surface area contributed by atoms with Crippen LogP contribution in [0.3, 0.4) is 0 Å². The van der Waals surface area contributed by atoms with Crippen molar-refractivity contribution < 1.29 is 9.66 Å². The van der Waals surface area contributed by atoms with Crippen LogP contribution >= 0.6 is 0 Å². The Morgan fingerprint density at radius 1 is 1.38 bits per heavy atom. The summed E-state index contributed by atoms with van der Waals surface area (Å²) in [5.74, 6) is 0.224. The van der Waals surface area contributed by atoms with E-state index in [4.69, 9.17) is 4.74 Å². The summed E-state index contributed by atoms with van der Waals surface area (Å²) in [6.07, 6.45) is 2.93. The van der Waals surface area contributed by atoms with Crippen LogP contribution in [0.25, 0.3) is 5.69 Å². The van der Waals surface area contributed by atoms with E-state index in [0.29, 0.717) is 5.69 Å². The third-order valence-corrected chi connectivity index (χ3v) is 2.08. The first-order valence-corrected chi connectivity index (χ1v) is 4.40. The van der Waals surface area contributed by atoms with Gasteiger partial charge in [0.25, 0.3) is 0 Å². The number of hydrogen-bond donors (Lipinski definition) is 0. The predicted octanol–water partition coefficient (Wildman–Crippen LogP) is 1.18. The molecule has 0 radical (unpaired) electrons. The van der Waals surface area contributed by atoms with Gasteiger partial charge in [-0.2, -0.15) is 0 Å². The number of rotatable bonds is 3. The van der Waals surface area contributed by atoms with E-state index in [-0.39, 0.29) is 11.4 Å². The molecule has 16 heavy (non-hydrogen) atoms. The van der Waals surface area contributed by atoms with Crippen LogP contribution in [0.15, 0.2) is 30.9 Å². The van der Waals surface area contributed by atoms with Gasteiger partial charge in [-0.15, -0.1) is 10.2 Å². The number of methoxy groups -OCH3 is 1. The average Bonchev–Trinajstić information content (AvgIpc) is 2.81. The van der Waals surface area contributed by atoms with E-state index in [2.05, 4.69) is 10.2 Å². The van der Waals surface area contributed by atoms with Gasteiger partial charge in [0, 0.05) is 6.07 Å². The molecular formula is C9H8N4O3. The van der Waals surface area contributed by atoms with Gasteiger partial charge in [-0.1, -0.05) is 0 Å². The number of nitro benzene ring substituents is 1. The molecule has 0 aliphatic rings. The van der Waals surface area contributed by atoms with Crippen LogP contribution in [-0.2, 0) is 0 Å². The largest absolute Gasteiger partial charge is 0.490 e. The molecular weight excluding hydrogens is 212 g/mol. The second-order valence-corrected chi connectivity index (χ2v) is 2.98. The van der Waals surface area contributed by atoms with Gasteiger partial charge in [0.1, 0.15) is 12.7 Å². The highest BCUT2D eigenvalue weighted by Gasteiger charge is 2.15. The second kappa shape index (κ2) is 3.97. The summed E-state index contributed by atoms with van der Waals surface area (Å²) in [4.78, 5) is 10.3. The highest BCUT2D eigenvalue weighted by Crippen LogP contribution is 2.28. The molecule has 7 heteroatoms. The van der Waals surface area contributed by atoms with E-state index >= 15 is 0 Å². The minimum atomic E-state index is -0.493. The smallest absolute Gasteiger partial charge is 0.312 e. The Balaban J connectivity index is 2.51. The van der Waals surface area contributed by atoms with Gasteiger partial charge in [-0.3, -0.25) is 14.7 Å². The van der Waals surface area contributed by atoms with Gasteiger partial charge in [0.2, 0.25) is 0 Å². The lowest BCUT2D eigenvalue weighted by Crippen LogP contribution is -1.97. The number of benzene rings is 1. The standard InChI is InChI=1S/C9H8N4O3/c1-16-9-3-2-7(4-8(9)13(14)15)12-5-10-11-6-12/h2-6H,1H3. The fourth-order valence-corrected chi connectivity index (χ4v) is 1.32. The summed E-state index contributed by atoms with van der Waals surface area (Å²) < 4.78 is 6.47. The van der Waals surface area contributed by atoms with Crippen molar-refractivity contribution in [2.24, 2.45) is 0 Å². The molecule has 1 aromatic carbocycles. The molecule has 0 saturated heterocycles. The minimum Gasteiger partial charge on any atom is -0.490 e. The molecule has 1 heterocycles. The first kappa shape index (κ1) is 10.1. The molecule has 0 spiro atoms. The van der Waals surface area contributed by atoms with Crippen molar-refractivity contribution in [3.05, 3.63) is 41.0 Å². The average molecular weight is 220 g/mol. The third-order valence-electron chi connectivity index (χ3n) is 2.08. The van der Waals surface area contributed by atoms with E-state index in [9.17, 15) is 10.1 Å². The molecule has 0 N–H and O–H groups in total. The molecule has 0 amide bonds. The molecule has 0 bridgehead atoms. The molecule has 2 rings (SSSR count). The van der Waals surface area contributed by atoms with E-state index in [1.165, 1.54) is 31.9 Å². The summed E-state index contributed by atoms with van der Waals surface area (Å²) in [7, 11) is 1.39. The summed E-state index contributed by atoms with van der Waals surface area (Å²) in [6, 6.07) is 4.63. The van der Waals surface area contributed by atoms with Gasteiger partial charge in [0.15, 0.2) is 5.75 Å². The Hall–Kier alpha value is -2.44. The maximum absolute atomic E-state index is 10.8. The molecule has 2 aromatic rings. The Morgan fingerprint density at radius 3 is 2.62 bits per heavy atom. The lowest BCUT2D eigenvalue weighted by Gasteiger charge is -2.04. The normalized spacial score (nSPS) is 10.1. The van der Waals surface area contributed by atoms with E-state index in [1.807, 2.05) is 0 Å². The topological polar surface area (TPSA) is 83.1 Å². The number of nitrogens with zero attached hydrogens (tertiary/aromatic N) is 4. The zero-order valence-corrected chi connectivity index (χ0v) is 8.40. The van der Waals surface area contributed by atoms with Crippen LogP contribution in [0.2, 0.25) is 0 Å². The number of hydrogen-bond acceptors (Lipinski definition) is 5. The molecule has 0 aliphatic heterocycles. The van der Waals surface area contributed by atoms with Crippen molar-refractivity contribution >= 4 is 5.69 Å². The maximum Gasteiger partial charge on any atom is 0.312 e. The highest BCUT2D eigenvalue weighted by molar-refractivity contribution is 5.53. The van der Waals surface area contributed by atoms with Gasteiger partial charge in [0.05, 0.1) is 17.7 Å². The van der Waals surface area contributed by atoms with Crippen molar-refractivity contribution in [3.63, 3.8) is 0 Å². The monoisotopic (exact) mass is 220 g/mol. The lowest BCUT2D eigenvalue weighted by molar-refractivity contribution is -0.385. The molecule has 0 fully saturated rings. The fraction of sp³-hybridized carbons (Fsp3) is 0.111. The molecule has 0 atom stereocenters. The van der Waals surface area contributed by atoms with Crippen molar-refractivity contribution in [3.8, 4) is 11.4 Å². The molecule has 0 saturated carbocycles. The first-order valence-electron chi connectivity index (χ1n) is 4.40. The number of ether oxygens (including phenoxy) is 1. The van der Waals surface area contributed by atoms with E-state index in [1.54, 1.807) is 10.6 Å². The van der Waals surface area contributed by atoms with Crippen molar-refractivity contribution in [2.45, 2.75) is 0 Å². The van der Waals surface area contributed by atoms with E-state index < -0.39 is 4.92 Å². The van der Waals surface area contributed by atoms with Crippen molar-refractivity contribution in [1.29, 1.82) is 0 Å².